The van der Waals surface area contributed by atoms with Gasteiger partial charge in [-0.05, 0) is 37.4 Å². The summed E-state index contributed by atoms with van der Waals surface area (Å²) >= 11 is 0. The fourth-order valence-corrected chi connectivity index (χ4v) is 3.29. The van der Waals surface area contributed by atoms with Crippen LogP contribution in [0.25, 0.3) is 0 Å². The molecular formula is C20H23N3O3. The molecule has 136 valence electrons. The maximum Gasteiger partial charge on any atom is 0.270 e. The molecule has 0 saturated carbocycles. The van der Waals surface area contributed by atoms with E-state index in [-0.39, 0.29) is 11.6 Å². The van der Waals surface area contributed by atoms with E-state index in [1.807, 2.05) is 18.2 Å². The number of benzene rings is 2. The summed E-state index contributed by atoms with van der Waals surface area (Å²) in [4.78, 5) is 24.7. The second-order valence-electron chi connectivity index (χ2n) is 6.56. The number of nitrogens with one attached hydrogen (secondary N) is 1. The molecule has 0 spiro atoms. The molecule has 1 heterocycles. The lowest BCUT2D eigenvalue weighted by molar-refractivity contribution is -0.384. The molecule has 0 atom stereocenters. The molecule has 0 bridgehead atoms. The number of nitrogens with zero attached hydrogens (tertiary/aromatic N) is 2. The van der Waals surface area contributed by atoms with Gasteiger partial charge in [-0.25, -0.2) is 0 Å². The van der Waals surface area contributed by atoms with Gasteiger partial charge in [0.1, 0.15) is 0 Å². The van der Waals surface area contributed by atoms with Crippen molar-refractivity contribution in [2.24, 2.45) is 0 Å². The number of carbonyl (C=O) groups is 1. The Morgan fingerprint density at radius 1 is 1.12 bits per heavy atom. The Labute approximate surface area is 153 Å². The van der Waals surface area contributed by atoms with Crippen molar-refractivity contribution in [3.63, 3.8) is 0 Å². The molecule has 0 aromatic heterocycles. The molecule has 0 aliphatic carbocycles. The fraction of sp³-hybridized carbons (Fsp3) is 0.350. The van der Waals surface area contributed by atoms with Crippen LogP contribution in [0, 0.1) is 10.1 Å². The summed E-state index contributed by atoms with van der Waals surface area (Å²) in [6.45, 7) is 2.27. The van der Waals surface area contributed by atoms with Gasteiger partial charge < -0.3 is 10.2 Å². The van der Waals surface area contributed by atoms with E-state index in [1.165, 1.54) is 17.7 Å². The van der Waals surface area contributed by atoms with Gasteiger partial charge in [0.15, 0.2) is 0 Å². The van der Waals surface area contributed by atoms with Gasteiger partial charge in [-0.3, -0.25) is 14.9 Å². The zero-order valence-electron chi connectivity index (χ0n) is 14.6. The highest BCUT2D eigenvalue weighted by Crippen LogP contribution is 2.18. The van der Waals surface area contributed by atoms with Gasteiger partial charge in [0, 0.05) is 36.8 Å². The highest BCUT2D eigenvalue weighted by Gasteiger charge is 2.24. The summed E-state index contributed by atoms with van der Waals surface area (Å²) < 4.78 is 0. The molecule has 1 aliphatic heterocycles. The Bertz CT molecular complexity index is 756. The first-order chi connectivity index (χ1) is 12.6. The Morgan fingerprint density at radius 2 is 1.85 bits per heavy atom. The van der Waals surface area contributed by atoms with Crippen LogP contribution >= 0.6 is 0 Å². The van der Waals surface area contributed by atoms with Gasteiger partial charge in [-0.2, -0.15) is 0 Å². The van der Waals surface area contributed by atoms with Crippen molar-refractivity contribution in [2.45, 2.75) is 25.3 Å². The third-order valence-electron chi connectivity index (χ3n) is 4.78. The molecule has 6 heteroatoms. The van der Waals surface area contributed by atoms with Crippen LogP contribution in [0.1, 0.15) is 28.8 Å². The molecule has 1 fully saturated rings. The Kier molecular flexibility index (Phi) is 5.96. The highest BCUT2D eigenvalue weighted by atomic mass is 16.6. The highest BCUT2D eigenvalue weighted by molar-refractivity contribution is 5.94. The van der Waals surface area contributed by atoms with Crippen molar-refractivity contribution in [1.82, 2.24) is 10.2 Å². The van der Waals surface area contributed by atoms with Crippen LogP contribution < -0.4 is 5.32 Å². The minimum Gasteiger partial charge on any atom is -0.339 e. The number of nitro groups is 1. The Hall–Kier alpha value is -2.73. The molecule has 1 N–H and O–H groups in total. The average Bonchev–Trinajstić information content (AvgIpc) is 2.69. The van der Waals surface area contributed by atoms with Crippen LogP contribution in [-0.4, -0.2) is 41.4 Å². The number of piperidine rings is 1. The van der Waals surface area contributed by atoms with E-state index >= 15 is 0 Å². The second-order valence-corrected chi connectivity index (χ2v) is 6.56. The fourth-order valence-electron chi connectivity index (χ4n) is 3.29. The lowest BCUT2D eigenvalue weighted by Gasteiger charge is -2.32. The molecule has 0 radical (unpaired) electrons. The minimum atomic E-state index is -0.473. The van der Waals surface area contributed by atoms with E-state index in [0.29, 0.717) is 24.7 Å². The predicted molar refractivity (Wildman–Crippen MR) is 100 cm³/mol. The summed E-state index contributed by atoms with van der Waals surface area (Å²) in [5.41, 5.74) is 1.65. The second kappa shape index (κ2) is 8.58. The zero-order chi connectivity index (χ0) is 18.4. The minimum absolute atomic E-state index is 0.0479. The van der Waals surface area contributed by atoms with Crippen molar-refractivity contribution in [3.8, 4) is 0 Å². The quantitative estimate of drug-likeness (QED) is 0.640. The van der Waals surface area contributed by atoms with Crippen LogP contribution in [0.2, 0.25) is 0 Å². The van der Waals surface area contributed by atoms with Crippen LogP contribution in [0.4, 0.5) is 5.69 Å². The smallest absolute Gasteiger partial charge is 0.270 e. The maximum absolute atomic E-state index is 12.6. The first-order valence-corrected chi connectivity index (χ1v) is 8.94. The van der Waals surface area contributed by atoms with E-state index in [1.54, 1.807) is 17.0 Å². The molecular weight excluding hydrogens is 330 g/mol. The molecule has 1 aliphatic rings. The summed E-state index contributed by atoms with van der Waals surface area (Å²) in [5, 5.41) is 14.4. The van der Waals surface area contributed by atoms with Gasteiger partial charge in [-0.15, -0.1) is 0 Å². The normalized spacial score (nSPS) is 15.0. The van der Waals surface area contributed by atoms with E-state index in [9.17, 15) is 14.9 Å². The summed E-state index contributed by atoms with van der Waals surface area (Å²) in [6, 6.07) is 16.7. The van der Waals surface area contributed by atoms with Crippen molar-refractivity contribution < 1.29 is 9.72 Å². The van der Waals surface area contributed by atoms with E-state index in [0.717, 1.165) is 25.8 Å². The SMILES string of the molecule is O=C(c1cccc([N+](=O)[O-])c1)N1CCC(NCCc2ccccc2)CC1. The molecule has 2 aromatic rings. The zero-order valence-corrected chi connectivity index (χ0v) is 14.6. The van der Waals surface area contributed by atoms with E-state index in [2.05, 4.69) is 17.4 Å². The summed E-state index contributed by atoms with van der Waals surface area (Å²) in [7, 11) is 0. The number of carbonyl (C=O) groups excluding carboxylic acids is 1. The predicted octanol–water partition coefficient (Wildman–Crippen LogP) is 3.03. The molecule has 6 nitrogen and oxygen atoms in total. The molecule has 2 aromatic carbocycles. The monoisotopic (exact) mass is 353 g/mol. The molecule has 1 amide bonds. The third-order valence-corrected chi connectivity index (χ3v) is 4.78. The van der Waals surface area contributed by atoms with Gasteiger partial charge in [0.05, 0.1) is 4.92 Å². The molecule has 1 saturated heterocycles. The number of amides is 1. The number of non-ortho nitro benzene ring substituents is 1. The summed E-state index contributed by atoms with van der Waals surface area (Å²) in [6.07, 6.45) is 2.79. The van der Waals surface area contributed by atoms with Gasteiger partial charge in [-0.1, -0.05) is 36.4 Å². The van der Waals surface area contributed by atoms with Gasteiger partial charge in [0.2, 0.25) is 0 Å². The Balaban J connectivity index is 1.46. The van der Waals surface area contributed by atoms with Crippen molar-refractivity contribution in [2.75, 3.05) is 19.6 Å². The number of nitro benzene ring substituents is 1. The van der Waals surface area contributed by atoms with Crippen LogP contribution in [0.15, 0.2) is 54.6 Å². The van der Waals surface area contributed by atoms with Crippen LogP contribution in [-0.2, 0) is 6.42 Å². The van der Waals surface area contributed by atoms with Crippen molar-refractivity contribution in [1.29, 1.82) is 0 Å². The lowest BCUT2D eigenvalue weighted by Crippen LogP contribution is -2.45. The van der Waals surface area contributed by atoms with Gasteiger partial charge >= 0.3 is 0 Å². The first kappa shape index (κ1) is 18.1. The number of rotatable bonds is 6. The maximum atomic E-state index is 12.6. The summed E-state index contributed by atoms with van der Waals surface area (Å²) in [5.74, 6) is -0.128. The molecule has 0 unspecified atom stereocenters. The Morgan fingerprint density at radius 3 is 2.54 bits per heavy atom. The first-order valence-electron chi connectivity index (χ1n) is 8.94. The van der Waals surface area contributed by atoms with Crippen LogP contribution in [0.5, 0.6) is 0 Å². The standard InChI is InChI=1S/C20H23N3O3/c24-20(17-7-4-8-19(15-17)23(25)26)22-13-10-18(11-14-22)21-12-9-16-5-2-1-3-6-16/h1-8,15,18,21H,9-14H2. The van der Waals surface area contributed by atoms with Crippen molar-refractivity contribution in [3.05, 3.63) is 75.8 Å². The van der Waals surface area contributed by atoms with Crippen molar-refractivity contribution >= 4 is 11.6 Å². The largest absolute Gasteiger partial charge is 0.339 e. The lowest BCUT2D eigenvalue weighted by atomic mass is 10.0. The number of hydrogen-bond acceptors (Lipinski definition) is 4. The van der Waals surface area contributed by atoms with Gasteiger partial charge in [0.25, 0.3) is 11.6 Å². The van der Waals surface area contributed by atoms with E-state index < -0.39 is 4.92 Å². The third kappa shape index (κ3) is 4.67. The molecule has 26 heavy (non-hydrogen) atoms. The molecule has 3 rings (SSSR count). The number of likely N-dealkylation sites (tertiary alicyclic amines) is 1. The topological polar surface area (TPSA) is 75.5 Å². The number of hydrogen-bond donors (Lipinski definition) is 1. The van der Waals surface area contributed by atoms with E-state index in [4.69, 9.17) is 0 Å². The average molecular weight is 353 g/mol. The van der Waals surface area contributed by atoms with Crippen LogP contribution in [0.3, 0.4) is 0 Å².